The molecule has 1 atom stereocenters. The van der Waals surface area contributed by atoms with Crippen LogP contribution in [0.15, 0.2) is 12.2 Å². The number of hydrogen-bond acceptors (Lipinski definition) is 4. The zero-order chi connectivity index (χ0) is 12.6. The summed E-state index contributed by atoms with van der Waals surface area (Å²) in [6, 6.07) is -0.948. The molecule has 16 heavy (non-hydrogen) atoms. The van der Waals surface area contributed by atoms with Gasteiger partial charge in [-0.3, -0.25) is 9.59 Å². The van der Waals surface area contributed by atoms with E-state index >= 15 is 0 Å². The fourth-order valence-electron chi connectivity index (χ4n) is 0.959. The highest BCUT2D eigenvalue weighted by Gasteiger charge is 2.17. The Labute approximate surface area is 93.7 Å². The first-order chi connectivity index (χ1) is 7.47. The number of amides is 1. The third kappa shape index (κ3) is 6.72. The van der Waals surface area contributed by atoms with Crippen LogP contribution in [0, 0.1) is 0 Å². The van der Waals surface area contributed by atoms with E-state index in [-0.39, 0.29) is 12.2 Å². The summed E-state index contributed by atoms with van der Waals surface area (Å²) >= 11 is 0. The second-order valence-electron chi connectivity index (χ2n) is 3.24. The van der Waals surface area contributed by atoms with Crippen molar-refractivity contribution in [1.82, 2.24) is 10.6 Å². The minimum Gasteiger partial charge on any atom is -0.480 e. The van der Waals surface area contributed by atoms with Crippen LogP contribution in [0.4, 0.5) is 0 Å². The van der Waals surface area contributed by atoms with Gasteiger partial charge in [-0.1, -0.05) is 0 Å². The molecule has 0 rings (SSSR count). The minimum atomic E-state index is -1.10. The van der Waals surface area contributed by atoms with Crippen LogP contribution in [0.1, 0.15) is 13.3 Å². The Morgan fingerprint density at radius 2 is 1.94 bits per heavy atom. The van der Waals surface area contributed by atoms with Crippen LogP contribution in [0.5, 0.6) is 0 Å². The molecule has 1 amide bonds. The predicted molar refractivity (Wildman–Crippen MR) is 57.9 cm³/mol. The second-order valence-corrected chi connectivity index (χ2v) is 3.24. The van der Waals surface area contributed by atoms with Gasteiger partial charge in [-0.15, -0.1) is 0 Å². The molecular formula is C10H16N2O4. The fourth-order valence-corrected chi connectivity index (χ4v) is 0.959. The number of ketones is 1. The van der Waals surface area contributed by atoms with Crippen LogP contribution < -0.4 is 10.6 Å². The molecule has 0 spiro atoms. The SMILES string of the molecule is CNCC[C@@H](NC(=O)/C=C/C(C)=O)C(=O)O. The Kier molecular flexibility index (Phi) is 6.78. The Bertz CT molecular complexity index is 299. The van der Waals surface area contributed by atoms with E-state index in [1.807, 2.05) is 0 Å². The van der Waals surface area contributed by atoms with Crippen LogP contribution in [0.2, 0.25) is 0 Å². The summed E-state index contributed by atoms with van der Waals surface area (Å²) in [6.45, 7) is 1.78. The Morgan fingerprint density at radius 1 is 1.31 bits per heavy atom. The number of carboxylic acids is 1. The number of hydrogen-bond donors (Lipinski definition) is 3. The molecule has 0 aromatic heterocycles. The number of nitrogens with one attached hydrogen (secondary N) is 2. The van der Waals surface area contributed by atoms with Crippen molar-refractivity contribution >= 4 is 17.7 Å². The third-order valence-corrected chi connectivity index (χ3v) is 1.77. The largest absolute Gasteiger partial charge is 0.480 e. The van der Waals surface area contributed by atoms with Crippen molar-refractivity contribution in [2.75, 3.05) is 13.6 Å². The molecule has 0 fully saturated rings. The zero-order valence-corrected chi connectivity index (χ0v) is 9.32. The summed E-state index contributed by atoms with van der Waals surface area (Å²) in [6.07, 6.45) is 2.40. The van der Waals surface area contributed by atoms with Gasteiger partial charge in [0.1, 0.15) is 6.04 Å². The van der Waals surface area contributed by atoms with Gasteiger partial charge in [0.25, 0.3) is 0 Å². The summed E-state index contributed by atoms with van der Waals surface area (Å²) < 4.78 is 0. The molecular weight excluding hydrogens is 212 g/mol. The lowest BCUT2D eigenvalue weighted by Gasteiger charge is -2.12. The normalized spacial score (nSPS) is 12.4. The molecule has 0 bridgehead atoms. The molecule has 0 unspecified atom stereocenters. The van der Waals surface area contributed by atoms with E-state index in [4.69, 9.17) is 5.11 Å². The quantitative estimate of drug-likeness (QED) is 0.501. The van der Waals surface area contributed by atoms with Crippen molar-refractivity contribution in [3.05, 3.63) is 12.2 Å². The summed E-state index contributed by atoms with van der Waals surface area (Å²) in [7, 11) is 1.69. The van der Waals surface area contributed by atoms with Crippen LogP contribution in [0.25, 0.3) is 0 Å². The highest BCUT2D eigenvalue weighted by atomic mass is 16.4. The molecule has 6 nitrogen and oxygen atoms in total. The van der Waals surface area contributed by atoms with Gasteiger partial charge < -0.3 is 15.7 Å². The molecule has 0 aromatic rings. The van der Waals surface area contributed by atoms with E-state index in [1.54, 1.807) is 7.05 Å². The smallest absolute Gasteiger partial charge is 0.326 e. The van der Waals surface area contributed by atoms with Crippen LogP contribution >= 0.6 is 0 Å². The van der Waals surface area contributed by atoms with E-state index in [0.717, 1.165) is 12.2 Å². The minimum absolute atomic E-state index is 0.266. The zero-order valence-electron chi connectivity index (χ0n) is 9.32. The van der Waals surface area contributed by atoms with E-state index < -0.39 is 17.9 Å². The lowest BCUT2D eigenvalue weighted by atomic mass is 10.2. The number of aliphatic carboxylic acids is 1. The maximum atomic E-state index is 11.2. The molecule has 0 aliphatic carbocycles. The van der Waals surface area contributed by atoms with Gasteiger partial charge in [-0.2, -0.15) is 0 Å². The highest BCUT2D eigenvalue weighted by molar-refractivity contribution is 5.97. The first-order valence-corrected chi connectivity index (χ1v) is 4.84. The first-order valence-electron chi connectivity index (χ1n) is 4.84. The van der Waals surface area contributed by atoms with Crippen molar-refractivity contribution in [2.24, 2.45) is 0 Å². The maximum absolute atomic E-state index is 11.2. The average molecular weight is 228 g/mol. The molecule has 0 radical (unpaired) electrons. The van der Waals surface area contributed by atoms with Gasteiger partial charge in [0, 0.05) is 6.08 Å². The van der Waals surface area contributed by atoms with Crippen molar-refractivity contribution in [2.45, 2.75) is 19.4 Å². The summed E-state index contributed by atoms with van der Waals surface area (Å²) in [5, 5.41) is 13.9. The Hall–Kier alpha value is -1.69. The molecule has 0 saturated carbocycles. The highest BCUT2D eigenvalue weighted by Crippen LogP contribution is 1.91. The first kappa shape index (κ1) is 14.3. The second kappa shape index (κ2) is 7.58. The van der Waals surface area contributed by atoms with E-state index in [9.17, 15) is 14.4 Å². The topological polar surface area (TPSA) is 95.5 Å². The van der Waals surface area contributed by atoms with Crippen molar-refractivity contribution in [3.63, 3.8) is 0 Å². The number of rotatable bonds is 7. The third-order valence-electron chi connectivity index (χ3n) is 1.77. The predicted octanol–water partition coefficient (Wildman–Crippen LogP) is -0.689. The van der Waals surface area contributed by atoms with Crippen LogP contribution in [-0.4, -0.2) is 42.4 Å². The summed E-state index contributed by atoms with van der Waals surface area (Å²) in [5.41, 5.74) is 0. The van der Waals surface area contributed by atoms with Crippen molar-refractivity contribution in [1.29, 1.82) is 0 Å². The summed E-state index contributed by atoms with van der Waals surface area (Å²) in [4.78, 5) is 32.5. The lowest BCUT2D eigenvalue weighted by molar-refractivity contribution is -0.141. The van der Waals surface area contributed by atoms with Crippen LogP contribution in [-0.2, 0) is 14.4 Å². The van der Waals surface area contributed by atoms with E-state index in [2.05, 4.69) is 10.6 Å². The van der Waals surface area contributed by atoms with Gasteiger partial charge in [-0.05, 0) is 33.0 Å². The molecule has 0 aromatic carbocycles. The lowest BCUT2D eigenvalue weighted by Crippen LogP contribution is -2.41. The maximum Gasteiger partial charge on any atom is 0.326 e. The van der Waals surface area contributed by atoms with Gasteiger partial charge in [0.2, 0.25) is 5.91 Å². The number of allylic oxidation sites excluding steroid dienone is 1. The molecule has 6 heteroatoms. The number of carbonyl (C=O) groups is 3. The average Bonchev–Trinajstić information content (AvgIpc) is 2.20. The van der Waals surface area contributed by atoms with Crippen molar-refractivity contribution < 1.29 is 19.5 Å². The van der Waals surface area contributed by atoms with Gasteiger partial charge in [0.15, 0.2) is 5.78 Å². The summed E-state index contributed by atoms with van der Waals surface area (Å²) in [5.74, 6) is -1.95. The molecule has 0 aliphatic heterocycles. The molecule has 90 valence electrons. The van der Waals surface area contributed by atoms with E-state index in [0.29, 0.717) is 6.54 Å². The monoisotopic (exact) mass is 228 g/mol. The molecule has 0 heterocycles. The number of carbonyl (C=O) groups excluding carboxylic acids is 2. The molecule has 3 N–H and O–H groups in total. The van der Waals surface area contributed by atoms with Gasteiger partial charge in [0.05, 0.1) is 0 Å². The van der Waals surface area contributed by atoms with E-state index in [1.165, 1.54) is 6.92 Å². The Balaban J connectivity index is 4.23. The standard InChI is InChI=1S/C10H16N2O4/c1-7(13)3-4-9(14)12-8(10(15)16)5-6-11-2/h3-4,8,11H,5-6H2,1-2H3,(H,12,14)(H,15,16)/b4-3+/t8-/m1/s1. The van der Waals surface area contributed by atoms with Gasteiger partial charge >= 0.3 is 5.97 Å². The van der Waals surface area contributed by atoms with Crippen molar-refractivity contribution in [3.8, 4) is 0 Å². The fraction of sp³-hybridized carbons (Fsp3) is 0.500. The number of carboxylic acid groups (broad SMARTS) is 1. The molecule has 0 aliphatic rings. The Morgan fingerprint density at radius 3 is 2.38 bits per heavy atom. The molecule has 0 saturated heterocycles. The van der Waals surface area contributed by atoms with Gasteiger partial charge in [-0.25, -0.2) is 4.79 Å². The van der Waals surface area contributed by atoms with Crippen LogP contribution in [0.3, 0.4) is 0 Å².